The van der Waals surface area contributed by atoms with Crippen LogP contribution >= 0.6 is 13.6 Å². The molecule has 1 nitrogen and oxygen atoms in total. The summed E-state index contributed by atoms with van der Waals surface area (Å²) in [5.41, 5.74) is 2.34. The van der Waals surface area contributed by atoms with Crippen molar-refractivity contribution in [2.75, 3.05) is 6.61 Å². The summed E-state index contributed by atoms with van der Waals surface area (Å²) in [5, 5.41) is 0. The Balaban J connectivity index is 0.000000791. The summed E-state index contributed by atoms with van der Waals surface area (Å²) in [6.07, 6.45) is 1.05. The summed E-state index contributed by atoms with van der Waals surface area (Å²) in [6, 6.07) is 6.98. The van der Waals surface area contributed by atoms with Crippen molar-refractivity contribution in [2.24, 2.45) is 0 Å². The quantitative estimate of drug-likeness (QED) is 0.610. The summed E-state index contributed by atoms with van der Waals surface area (Å²) < 4.78 is 5.60. The Labute approximate surface area is 103 Å². The van der Waals surface area contributed by atoms with Crippen molar-refractivity contribution in [2.45, 2.75) is 27.2 Å². The average molecular weight is 309 g/mol. The first-order chi connectivity index (χ1) is 6.75. The SMILES string of the molecule is CCCOc1c(C)c[c-]cc1C.[Zn+][Br]. The molecule has 0 radical (unpaired) electrons. The van der Waals surface area contributed by atoms with Gasteiger partial charge in [-0.25, -0.2) is 0 Å². The Morgan fingerprint density at radius 2 is 1.79 bits per heavy atom. The molecule has 0 bridgehead atoms. The van der Waals surface area contributed by atoms with Gasteiger partial charge in [0.1, 0.15) is 0 Å². The molecule has 1 aromatic rings. The molecule has 0 saturated heterocycles. The summed E-state index contributed by atoms with van der Waals surface area (Å²) in [7, 11) is 0. The zero-order valence-electron chi connectivity index (χ0n) is 9.06. The number of hydrogen-bond acceptors (Lipinski definition) is 1. The number of halogens is 1. The summed E-state index contributed by atoms with van der Waals surface area (Å²) in [4.78, 5) is 0. The monoisotopic (exact) mass is 306 g/mol. The van der Waals surface area contributed by atoms with Crippen LogP contribution in [0.5, 0.6) is 5.75 Å². The minimum absolute atomic E-state index is 0.797. The van der Waals surface area contributed by atoms with Gasteiger partial charge in [0.15, 0.2) is 0 Å². The second kappa shape index (κ2) is 8.43. The Bertz CT molecular complexity index is 243. The minimum atomic E-state index is 0.797. The second-order valence-corrected chi connectivity index (χ2v) is 3.00. The van der Waals surface area contributed by atoms with Crippen LogP contribution in [0.2, 0.25) is 0 Å². The molecular weight excluding hydrogens is 293 g/mol. The second-order valence-electron chi connectivity index (χ2n) is 3.00. The predicted molar refractivity (Wildman–Crippen MR) is 59.5 cm³/mol. The molecule has 0 amide bonds. The van der Waals surface area contributed by atoms with Gasteiger partial charge in [-0.05, 0) is 6.42 Å². The molecule has 0 aliphatic heterocycles. The molecule has 0 unspecified atom stereocenters. The molecule has 0 atom stereocenters. The van der Waals surface area contributed by atoms with E-state index in [2.05, 4.69) is 40.5 Å². The van der Waals surface area contributed by atoms with Crippen LogP contribution in [0.4, 0.5) is 0 Å². The van der Waals surface area contributed by atoms with E-state index in [9.17, 15) is 0 Å². The normalized spacial score (nSPS) is 9.00. The number of benzene rings is 1. The van der Waals surface area contributed by atoms with E-state index in [0.29, 0.717) is 0 Å². The van der Waals surface area contributed by atoms with Crippen LogP contribution in [0.1, 0.15) is 24.5 Å². The van der Waals surface area contributed by atoms with Crippen molar-refractivity contribution in [1.29, 1.82) is 0 Å². The van der Waals surface area contributed by atoms with E-state index < -0.39 is 0 Å². The van der Waals surface area contributed by atoms with Gasteiger partial charge in [-0.15, -0.1) is 11.1 Å². The molecule has 0 saturated carbocycles. The molecule has 3 heteroatoms. The summed E-state index contributed by atoms with van der Waals surface area (Å²) >= 11 is 4.25. The fourth-order valence-electron chi connectivity index (χ4n) is 1.17. The topological polar surface area (TPSA) is 9.23 Å². The van der Waals surface area contributed by atoms with Crippen LogP contribution in [0.15, 0.2) is 12.1 Å². The Morgan fingerprint density at radius 3 is 2.21 bits per heavy atom. The first-order valence-electron chi connectivity index (χ1n) is 4.62. The van der Waals surface area contributed by atoms with Gasteiger partial charge in [-0.1, -0.05) is 20.8 Å². The maximum atomic E-state index is 5.60. The van der Waals surface area contributed by atoms with Crippen molar-refractivity contribution in [1.82, 2.24) is 0 Å². The summed E-state index contributed by atoms with van der Waals surface area (Å²) in [5.74, 6) is 1.02. The molecule has 0 aliphatic carbocycles. The Kier molecular flexibility index (Phi) is 8.51. The van der Waals surface area contributed by atoms with E-state index in [1.54, 1.807) is 0 Å². The first kappa shape index (κ1) is 14.1. The zero-order valence-corrected chi connectivity index (χ0v) is 13.6. The van der Waals surface area contributed by atoms with E-state index >= 15 is 0 Å². The van der Waals surface area contributed by atoms with Gasteiger partial charge in [0, 0.05) is 5.75 Å². The fourth-order valence-corrected chi connectivity index (χ4v) is 1.17. The van der Waals surface area contributed by atoms with E-state index in [1.807, 2.05) is 12.1 Å². The van der Waals surface area contributed by atoms with Crippen LogP contribution in [0.3, 0.4) is 0 Å². The Hall–Kier alpha value is 0.123. The van der Waals surface area contributed by atoms with Crippen LogP contribution < -0.4 is 4.74 Å². The van der Waals surface area contributed by atoms with Crippen molar-refractivity contribution in [3.63, 3.8) is 0 Å². The molecular formula is C11H15BrOZn. The molecule has 1 rings (SSSR count). The third kappa shape index (κ3) is 4.57. The van der Waals surface area contributed by atoms with Crippen LogP contribution in [-0.2, 0) is 16.3 Å². The molecule has 0 aromatic heterocycles. The van der Waals surface area contributed by atoms with E-state index in [0.717, 1.165) is 18.8 Å². The standard InChI is InChI=1S/C11H15O.BrH.Zn/c1-4-8-12-11-9(2)6-5-7-10(11)3;;/h6-7H,4,8H2,1-3H3;1H;/q-1;;+2/p-1. The zero-order chi connectivity index (χ0) is 11.0. The van der Waals surface area contributed by atoms with Gasteiger partial charge < -0.3 is 4.74 Å². The molecule has 0 N–H and O–H groups in total. The van der Waals surface area contributed by atoms with E-state index in [1.165, 1.54) is 27.5 Å². The number of rotatable bonds is 3. The first-order valence-corrected chi connectivity index (χ1v) is 11.6. The van der Waals surface area contributed by atoms with Gasteiger partial charge >= 0.3 is 30.0 Å². The number of hydrogen-bond donors (Lipinski definition) is 0. The predicted octanol–water partition coefficient (Wildman–Crippen LogP) is 3.74. The van der Waals surface area contributed by atoms with Crippen molar-refractivity contribution < 1.29 is 21.1 Å². The summed E-state index contributed by atoms with van der Waals surface area (Å²) in [6.45, 7) is 7.01. The van der Waals surface area contributed by atoms with Crippen molar-refractivity contribution in [3.05, 3.63) is 29.3 Å². The molecule has 0 heterocycles. The Morgan fingerprint density at radius 1 is 1.29 bits per heavy atom. The molecule has 0 aliphatic rings. The van der Waals surface area contributed by atoms with Crippen LogP contribution in [0, 0.1) is 19.9 Å². The van der Waals surface area contributed by atoms with Gasteiger partial charge in [0.25, 0.3) is 0 Å². The van der Waals surface area contributed by atoms with Gasteiger partial charge in [-0.2, -0.15) is 18.2 Å². The molecule has 14 heavy (non-hydrogen) atoms. The van der Waals surface area contributed by atoms with Gasteiger partial charge in [-0.3, -0.25) is 0 Å². The maximum absolute atomic E-state index is 5.60. The number of aryl methyl sites for hydroxylation is 2. The van der Waals surface area contributed by atoms with Crippen LogP contribution in [-0.4, -0.2) is 6.61 Å². The fraction of sp³-hybridized carbons (Fsp3) is 0.455. The molecule has 0 spiro atoms. The van der Waals surface area contributed by atoms with E-state index in [-0.39, 0.29) is 0 Å². The molecule has 0 fully saturated rings. The van der Waals surface area contributed by atoms with Crippen LogP contribution in [0.25, 0.3) is 0 Å². The molecule has 74 valence electrons. The van der Waals surface area contributed by atoms with Gasteiger partial charge in [0.2, 0.25) is 0 Å². The third-order valence-corrected chi connectivity index (χ3v) is 1.77. The van der Waals surface area contributed by atoms with Crippen molar-refractivity contribution in [3.8, 4) is 5.75 Å². The number of ether oxygens (including phenoxy) is 1. The van der Waals surface area contributed by atoms with Crippen molar-refractivity contribution >= 4 is 13.6 Å². The third-order valence-electron chi connectivity index (χ3n) is 1.77. The van der Waals surface area contributed by atoms with E-state index in [4.69, 9.17) is 4.74 Å². The average Bonchev–Trinajstić information content (AvgIpc) is 2.20. The molecule has 1 aromatic carbocycles. The van der Waals surface area contributed by atoms with Gasteiger partial charge in [0.05, 0.1) is 6.61 Å².